The fourth-order valence-corrected chi connectivity index (χ4v) is 2.08. The highest BCUT2D eigenvalue weighted by atomic mass is 32.2. The van der Waals surface area contributed by atoms with Crippen molar-refractivity contribution in [3.8, 4) is 0 Å². The molecule has 21 heavy (non-hydrogen) atoms. The predicted octanol–water partition coefficient (Wildman–Crippen LogP) is 2.09. The van der Waals surface area contributed by atoms with Crippen molar-refractivity contribution in [2.75, 3.05) is 11.1 Å². The summed E-state index contributed by atoms with van der Waals surface area (Å²) in [6.45, 7) is 0. The van der Waals surface area contributed by atoms with Crippen LogP contribution in [0, 0.1) is 0 Å². The van der Waals surface area contributed by atoms with E-state index in [-0.39, 0.29) is 5.75 Å². The highest BCUT2D eigenvalue weighted by Gasteiger charge is 2.35. The largest absolute Gasteiger partial charge is 0.451 e. The molecule has 10 heteroatoms. The van der Waals surface area contributed by atoms with Gasteiger partial charge < -0.3 is 0 Å². The van der Waals surface area contributed by atoms with Gasteiger partial charge in [0.25, 0.3) is 0 Å². The van der Waals surface area contributed by atoms with Crippen molar-refractivity contribution in [2.45, 2.75) is 11.9 Å². The van der Waals surface area contributed by atoms with Crippen LogP contribution in [-0.4, -0.2) is 31.8 Å². The minimum absolute atomic E-state index is 0.0620. The van der Waals surface area contributed by atoms with E-state index in [2.05, 4.69) is 20.4 Å². The molecular formula is C11H10F3N5OS. The molecule has 0 radical (unpaired) electrons. The van der Waals surface area contributed by atoms with Crippen molar-refractivity contribution in [1.29, 1.82) is 0 Å². The molecule has 0 saturated carbocycles. The zero-order chi connectivity index (χ0) is 15.3. The summed E-state index contributed by atoms with van der Waals surface area (Å²) in [6, 6.07) is 5.42. The summed E-state index contributed by atoms with van der Waals surface area (Å²) in [5.74, 6) is -1.55. The molecule has 2 aromatic rings. The molecule has 6 nitrogen and oxygen atoms in total. The van der Waals surface area contributed by atoms with Gasteiger partial charge >= 0.3 is 6.18 Å². The van der Waals surface area contributed by atoms with Gasteiger partial charge in [-0.2, -0.15) is 18.2 Å². The second-order valence-corrected chi connectivity index (χ2v) is 4.85. The van der Waals surface area contributed by atoms with E-state index in [1.807, 2.05) is 12.1 Å². The van der Waals surface area contributed by atoms with E-state index >= 15 is 0 Å². The molecule has 0 aromatic carbocycles. The first-order valence-electron chi connectivity index (χ1n) is 5.72. The van der Waals surface area contributed by atoms with E-state index in [4.69, 9.17) is 0 Å². The second-order valence-electron chi connectivity index (χ2n) is 3.87. The maximum absolute atomic E-state index is 12.3. The van der Waals surface area contributed by atoms with E-state index < -0.39 is 23.9 Å². The van der Waals surface area contributed by atoms with Gasteiger partial charge in [0.15, 0.2) is 0 Å². The van der Waals surface area contributed by atoms with Crippen molar-refractivity contribution in [3.05, 3.63) is 35.9 Å². The van der Waals surface area contributed by atoms with E-state index in [0.29, 0.717) is 5.75 Å². The number of pyridine rings is 1. The van der Waals surface area contributed by atoms with Crippen molar-refractivity contribution in [3.63, 3.8) is 0 Å². The number of aromatic amines is 1. The van der Waals surface area contributed by atoms with Gasteiger partial charge in [-0.25, -0.2) is 0 Å². The van der Waals surface area contributed by atoms with Crippen molar-refractivity contribution in [1.82, 2.24) is 20.2 Å². The Labute approximate surface area is 121 Å². The fourth-order valence-electron chi connectivity index (χ4n) is 1.34. The quantitative estimate of drug-likeness (QED) is 0.882. The van der Waals surface area contributed by atoms with Crippen molar-refractivity contribution in [2.24, 2.45) is 0 Å². The van der Waals surface area contributed by atoms with E-state index in [1.165, 1.54) is 11.8 Å². The summed E-state index contributed by atoms with van der Waals surface area (Å²) in [4.78, 5) is 18.8. The van der Waals surface area contributed by atoms with Crippen LogP contribution < -0.4 is 5.32 Å². The van der Waals surface area contributed by atoms with Gasteiger partial charge in [0.2, 0.25) is 17.7 Å². The molecule has 0 aliphatic heterocycles. The Bertz CT molecular complexity index is 601. The summed E-state index contributed by atoms with van der Waals surface area (Å²) in [5, 5.41) is 7.18. The number of anilines is 1. The average molecular weight is 317 g/mol. The molecule has 0 atom stereocenters. The van der Waals surface area contributed by atoms with Crippen LogP contribution in [0.1, 0.15) is 11.5 Å². The van der Waals surface area contributed by atoms with Gasteiger partial charge in [-0.1, -0.05) is 6.07 Å². The van der Waals surface area contributed by atoms with Crippen LogP contribution in [0.5, 0.6) is 0 Å². The molecule has 2 aromatic heterocycles. The third kappa shape index (κ3) is 4.74. The second kappa shape index (κ2) is 6.57. The Morgan fingerprint density at radius 1 is 1.38 bits per heavy atom. The molecule has 2 N–H and O–H groups in total. The number of hydrogen-bond donors (Lipinski definition) is 2. The number of alkyl halides is 3. The Morgan fingerprint density at radius 2 is 2.19 bits per heavy atom. The standard InChI is InChI=1S/C11H10F3N5OS/c12-11(13,14)9-17-10(19-18-9)16-8(20)6-21-5-7-3-1-2-4-15-7/h1-4H,5-6H2,(H2,16,17,18,19,20). The lowest BCUT2D eigenvalue weighted by Gasteiger charge is -2.01. The first-order valence-corrected chi connectivity index (χ1v) is 6.88. The van der Waals surface area contributed by atoms with Gasteiger partial charge in [0.1, 0.15) is 0 Å². The summed E-state index contributed by atoms with van der Waals surface area (Å²) < 4.78 is 36.8. The van der Waals surface area contributed by atoms with E-state index in [0.717, 1.165) is 5.69 Å². The summed E-state index contributed by atoms with van der Waals surface area (Å²) in [7, 11) is 0. The van der Waals surface area contributed by atoms with Gasteiger partial charge in [0.05, 0.1) is 11.4 Å². The number of thioether (sulfide) groups is 1. The SMILES string of the molecule is O=C(CSCc1ccccn1)Nc1n[nH]c(C(F)(F)F)n1. The Balaban J connectivity index is 1.78. The van der Waals surface area contributed by atoms with Crippen LogP contribution in [0.4, 0.5) is 19.1 Å². The van der Waals surface area contributed by atoms with Crippen LogP contribution in [-0.2, 0) is 16.7 Å². The summed E-state index contributed by atoms with van der Waals surface area (Å²) in [5.41, 5.74) is 0.813. The Morgan fingerprint density at radius 3 is 2.81 bits per heavy atom. The number of carbonyl (C=O) groups excluding carboxylic acids is 1. The topological polar surface area (TPSA) is 83.6 Å². The van der Waals surface area contributed by atoms with E-state index in [9.17, 15) is 18.0 Å². The first-order chi connectivity index (χ1) is 9.95. The van der Waals surface area contributed by atoms with E-state index in [1.54, 1.807) is 17.4 Å². The molecule has 0 spiro atoms. The monoisotopic (exact) mass is 317 g/mol. The lowest BCUT2D eigenvalue weighted by molar-refractivity contribution is -0.144. The number of carbonyl (C=O) groups is 1. The number of rotatable bonds is 5. The van der Waals surface area contributed by atoms with Crippen LogP contribution in [0.2, 0.25) is 0 Å². The predicted molar refractivity (Wildman–Crippen MR) is 70.4 cm³/mol. The number of H-pyrrole nitrogens is 1. The average Bonchev–Trinajstić information content (AvgIpc) is 2.88. The normalized spacial score (nSPS) is 11.4. The van der Waals surface area contributed by atoms with Gasteiger partial charge in [0, 0.05) is 11.9 Å². The Kier molecular flexibility index (Phi) is 4.78. The molecule has 0 saturated heterocycles. The van der Waals surface area contributed by atoms with Crippen LogP contribution >= 0.6 is 11.8 Å². The van der Waals surface area contributed by atoms with Crippen LogP contribution in [0.15, 0.2) is 24.4 Å². The number of nitrogens with zero attached hydrogens (tertiary/aromatic N) is 3. The molecule has 0 aliphatic rings. The molecule has 0 unspecified atom stereocenters. The zero-order valence-electron chi connectivity index (χ0n) is 10.5. The molecule has 112 valence electrons. The molecule has 2 rings (SSSR count). The summed E-state index contributed by atoms with van der Waals surface area (Å²) >= 11 is 1.28. The van der Waals surface area contributed by atoms with Crippen LogP contribution in [0.3, 0.4) is 0 Å². The van der Waals surface area contributed by atoms with Crippen molar-refractivity contribution < 1.29 is 18.0 Å². The molecule has 2 heterocycles. The number of hydrogen-bond acceptors (Lipinski definition) is 5. The fraction of sp³-hybridized carbons (Fsp3) is 0.273. The highest BCUT2D eigenvalue weighted by Crippen LogP contribution is 2.26. The maximum Gasteiger partial charge on any atom is 0.451 e. The minimum Gasteiger partial charge on any atom is -0.293 e. The van der Waals surface area contributed by atoms with Gasteiger partial charge in [-0.15, -0.1) is 16.9 Å². The first kappa shape index (κ1) is 15.3. The highest BCUT2D eigenvalue weighted by molar-refractivity contribution is 7.99. The lowest BCUT2D eigenvalue weighted by Crippen LogP contribution is -2.15. The molecule has 0 bridgehead atoms. The maximum atomic E-state index is 12.3. The third-order valence-electron chi connectivity index (χ3n) is 2.21. The zero-order valence-corrected chi connectivity index (χ0v) is 11.3. The third-order valence-corrected chi connectivity index (χ3v) is 3.18. The van der Waals surface area contributed by atoms with Crippen LogP contribution in [0.25, 0.3) is 0 Å². The number of nitrogens with one attached hydrogen (secondary N) is 2. The van der Waals surface area contributed by atoms with Gasteiger partial charge in [-0.3, -0.25) is 20.2 Å². The molecule has 1 amide bonds. The molecule has 0 aliphatic carbocycles. The lowest BCUT2D eigenvalue weighted by atomic mass is 10.4. The molecule has 0 fully saturated rings. The number of amides is 1. The number of aromatic nitrogens is 4. The number of halogens is 3. The smallest absolute Gasteiger partial charge is 0.293 e. The molecular weight excluding hydrogens is 307 g/mol. The van der Waals surface area contributed by atoms with Gasteiger partial charge in [-0.05, 0) is 12.1 Å². The van der Waals surface area contributed by atoms with Crippen molar-refractivity contribution >= 4 is 23.6 Å². The Hall–Kier alpha value is -2.10. The summed E-state index contributed by atoms with van der Waals surface area (Å²) in [6.07, 6.45) is -2.98. The minimum atomic E-state index is -4.62.